The van der Waals surface area contributed by atoms with E-state index >= 15 is 0 Å². The van der Waals surface area contributed by atoms with Crippen LogP contribution in [0.4, 0.5) is 4.39 Å². The van der Waals surface area contributed by atoms with E-state index in [1.54, 1.807) is 18.3 Å². The number of hydrogen-bond donors (Lipinski definition) is 1. The summed E-state index contributed by atoms with van der Waals surface area (Å²) in [6.45, 7) is 1.94. The number of halogens is 2. The number of aryl methyl sites for hydroxylation is 1. The van der Waals surface area contributed by atoms with Gasteiger partial charge >= 0.3 is 0 Å². The zero-order valence-corrected chi connectivity index (χ0v) is 14.8. The van der Waals surface area contributed by atoms with Crippen LogP contribution in [0, 0.1) is 12.7 Å². The Hall–Kier alpha value is -2.98. The molecule has 4 aromatic rings. The Morgan fingerprint density at radius 1 is 0.885 bits per heavy atom. The molecule has 2 heterocycles. The fourth-order valence-corrected chi connectivity index (χ4v) is 2.97. The lowest BCUT2D eigenvalue weighted by molar-refractivity contribution is 0.628. The second kappa shape index (κ2) is 6.73. The number of nitrogens with zero attached hydrogens (tertiary/aromatic N) is 2. The van der Waals surface area contributed by atoms with Crippen molar-refractivity contribution in [3.05, 3.63) is 83.4 Å². The minimum Gasteiger partial charge on any atom is -0.337 e. The van der Waals surface area contributed by atoms with Crippen molar-refractivity contribution in [2.45, 2.75) is 6.92 Å². The van der Waals surface area contributed by atoms with Gasteiger partial charge in [0.1, 0.15) is 11.6 Å². The van der Waals surface area contributed by atoms with Crippen molar-refractivity contribution in [1.82, 2.24) is 15.0 Å². The van der Waals surface area contributed by atoms with Gasteiger partial charge in [0, 0.05) is 33.6 Å². The second-order valence-corrected chi connectivity index (χ2v) is 6.45. The van der Waals surface area contributed by atoms with Crippen molar-refractivity contribution in [3.63, 3.8) is 0 Å². The Kier molecular flexibility index (Phi) is 4.27. The van der Waals surface area contributed by atoms with Crippen molar-refractivity contribution in [2.24, 2.45) is 0 Å². The third-order valence-electron chi connectivity index (χ3n) is 4.12. The van der Waals surface area contributed by atoms with Gasteiger partial charge in [-0.15, -0.1) is 0 Å². The maximum absolute atomic E-state index is 13.3. The molecule has 0 amide bonds. The number of pyridine rings is 1. The van der Waals surface area contributed by atoms with Crippen molar-refractivity contribution in [3.8, 4) is 33.9 Å². The van der Waals surface area contributed by atoms with Gasteiger partial charge in [0.2, 0.25) is 0 Å². The highest BCUT2D eigenvalue weighted by Gasteiger charge is 2.15. The van der Waals surface area contributed by atoms with E-state index in [9.17, 15) is 4.39 Å². The summed E-state index contributed by atoms with van der Waals surface area (Å²) in [5.41, 5.74) is 5.28. The molecule has 26 heavy (non-hydrogen) atoms. The van der Waals surface area contributed by atoms with Gasteiger partial charge in [0.25, 0.3) is 0 Å². The normalized spacial score (nSPS) is 10.9. The Bertz CT molecular complexity index is 1050. The van der Waals surface area contributed by atoms with Crippen LogP contribution in [0.2, 0.25) is 5.02 Å². The van der Waals surface area contributed by atoms with Crippen LogP contribution in [0.1, 0.15) is 5.69 Å². The molecule has 0 saturated carbocycles. The first-order valence-corrected chi connectivity index (χ1v) is 8.53. The third-order valence-corrected chi connectivity index (χ3v) is 4.38. The van der Waals surface area contributed by atoms with Crippen LogP contribution >= 0.6 is 11.6 Å². The van der Waals surface area contributed by atoms with Gasteiger partial charge in [-0.1, -0.05) is 11.6 Å². The zero-order valence-electron chi connectivity index (χ0n) is 14.0. The molecule has 3 nitrogen and oxygen atoms in total. The standard InChI is InChI=1S/C21H15ClFN3/c1-13-12-16(10-11-24-13)20-19(14-4-8-18(23)9-5-14)25-21(26-20)15-2-6-17(22)7-3-15/h2-12H,1H3,(H,25,26). The van der Waals surface area contributed by atoms with Gasteiger partial charge in [-0.2, -0.15) is 0 Å². The van der Waals surface area contributed by atoms with E-state index in [-0.39, 0.29) is 5.82 Å². The summed E-state index contributed by atoms with van der Waals surface area (Å²) >= 11 is 5.99. The average molecular weight is 364 g/mol. The molecule has 128 valence electrons. The van der Waals surface area contributed by atoms with E-state index in [0.29, 0.717) is 5.02 Å². The zero-order chi connectivity index (χ0) is 18.1. The van der Waals surface area contributed by atoms with Gasteiger partial charge in [0.05, 0.1) is 11.4 Å². The Morgan fingerprint density at radius 3 is 2.27 bits per heavy atom. The van der Waals surface area contributed by atoms with Crippen LogP contribution in [0.15, 0.2) is 66.9 Å². The first-order valence-electron chi connectivity index (χ1n) is 8.15. The molecule has 0 aliphatic carbocycles. The Labute approximate surface area is 155 Å². The molecule has 4 rings (SSSR count). The molecule has 0 unspecified atom stereocenters. The summed E-state index contributed by atoms with van der Waals surface area (Å²) in [6.07, 6.45) is 1.76. The molecule has 0 aliphatic rings. The van der Waals surface area contributed by atoms with Gasteiger partial charge in [-0.3, -0.25) is 4.98 Å². The first-order chi connectivity index (χ1) is 12.6. The van der Waals surface area contributed by atoms with Crippen LogP contribution in [-0.4, -0.2) is 15.0 Å². The minimum atomic E-state index is -0.271. The second-order valence-electron chi connectivity index (χ2n) is 6.01. The van der Waals surface area contributed by atoms with E-state index in [2.05, 4.69) is 9.97 Å². The van der Waals surface area contributed by atoms with E-state index in [4.69, 9.17) is 16.6 Å². The number of imidazole rings is 1. The maximum atomic E-state index is 13.3. The van der Waals surface area contributed by atoms with Crippen LogP contribution < -0.4 is 0 Å². The largest absolute Gasteiger partial charge is 0.337 e. The van der Waals surface area contributed by atoms with Crippen LogP contribution in [0.25, 0.3) is 33.9 Å². The number of rotatable bonds is 3. The third kappa shape index (κ3) is 3.24. The van der Waals surface area contributed by atoms with Crippen LogP contribution in [-0.2, 0) is 0 Å². The topological polar surface area (TPSA) is 41.6 Å². The number of aromatic nitrogens is 3. The van der Waals surface area contributed by atoms with Gasteiger partial charge in [0.15, 0.2) is 0 Å². The van der Waals surface area contributed by atoms with Crippen molar-refractivity contribution in [1.29, 1.82) is 0 Å². The lowest BCUT2D eigenvalue weighted by Crippen LogP contribution is -1.87. The monoisotopic (exact) mass is 363 g/mol. The molecule has 2 aromatic carbocycles. The summed E-state index contributed by atoms with van der Waals surface area (Å²) in [6, 6.07) is 17.8. The van der Waals surface area contributed by atoms with Crippen molar-refractivity contribution < 1.29 is 4.39 Å². The highest BCUT2D eigenvalue weighted by molar-refractivity contribution is 6.30. The van der Waals surface area contributed by atoms with Gasteiger partial charge < -0.3 is 4.98 Å². The molecule has 0 fully saturated rings. The molecule has 0 bridgehead atoms. The molecule has 0 aliphatic heterocycles. The number of H-pyrrole nitrogens is 1. The maximum Gasteiger partial charge on any atom is 0.138 e. The summed E-state index contributed by atoms with van der Waals surface area (Å²) in [5.74, 6) is 0.456. The van der Waals surface area contributed by atoms with Crippen molar-refractivity contribution >= 4 is 11.6 Å². The van der Waals surface area contributed by atoms with E-state index in [1.165, 1.54) is 12.1 Å². The number of benzene rings is 2. The predicted octanol–water partition coefficient (Wildman–Crippen LogP) is 5.91. The molecule has 0 spiro atoms. The summed E-state index contributed by atoms with van der Waals surface area (Å²) in [5, 5.41) is 0.670. The average Bonchev–Trinajstić information content (AvgIpc) is 3.08. The lowest BCUT2D eigenvalue weighted by Gasteiger charge is -2.04. The molecule has 0 radical (unpaired) electrons. The molecule has 0 saturated heterocycles. The summed E-state index contributed by atoms with van der Waals surface area (Å²) < 4.78 is 13.3. The smallest absolute Gasteiger partial charge is 0.138 e. The lowest BCUT2D eigenvalue weighted by atomic mass is 10.1. The number of aromatic amines is 1. The fraction of sp³-hybridized carbons (Fsp3) is 0.0476. The van der Waals surface area contributed by atoms with Crippen molar-refractivity contribution in [2.75, 3.05) is 0 Å². The number of hydrogen-bond acceptors (Lipinski definition) is 2. The highest BCUT2D eigenvalue weighted by atomic mass is 35.5. The Balaban J connectivity index is 1.90. The molecular formula is C21H15ClFN3. The van der Waals surface area contributed by atoms with E-state index < -0.39 is 0 Å². The molecule has 0 atom stereocenters. The van der Waals surface area contributed by atoms with Crippen LogP contribution in [0.5, 0.6) is 0 Å². The minimum absolute atomic E-state index is 0.271. The van der Waals surface area contributed by atoms with Gasteiger partial charge in [-0.25, -0.2) is 9.37 Å². The van der Waals surface area contributed by atoms with Crippen LogP contribution in [0.3, 0.4) is 0 Å². The molecule has 5 heteroatoms. The summed E-state index contributed by atoms with van der Waals surface area (Å²) in [7, 11) is 0. The predicted molar refractivity (Wildman–Crippen MR) is 102 cm³/mol. The molecule has 1 N–H and O–H groups in total. The quantitative estimate of drug-likeness (QED) is 0.492. The highest BCUT2D eigenvalue weighted by Crippen LogP contribution is 2.33. The first kappa shape index (κ1) is 16.5. The van der Waals surface area contributed by atoms with E-state index in [0.717, 1.165) is 39.6 Å². The summed E-state index contributed by atoms with van der Waals surface area (Å²) in [4.78, 5) is 12.4. The SMILES string of the molecule is Cc1cc(-c2nc(-c3ccc(Cl)cc3)[nH]c2-c2ccc(F)cc2)ccn1. The molecule has 2 aromatic heterocycles. The Morgan fingerprint density at radius 2 is 1.58 bits per heavy atom. The fourth-order valence-electron chi connectivity index (χ4n) is 2.84. The number of nitrogens with one attached hydrogen (secondary N) is 1. The van der Waals surface area contributed by atoms with Gasteiger partial charge in [-0.05, 0) is 67.6 Å². The van der Waals surface area contributed by atoms with E-state index in [1.807, 2.05) is 43.3 Å². The molecular weight excluding hydrogens is 349 g/mol.